The highest BCUT2D eigenvalue weighted by atomic mass is 79.9. The van der Waals surface area contributed by atoms with Crippen LogP contribution >= 0.6 is 15.9 Å². The van der Waals surface area contributed by atoms with E-state index < -0.39 is 0 Å². The van der Waals surface area contributed by atoms with Gasteiger partial charge in [-0.05, 0) is 40.9 Å². The maximum absolute atomic E-state index is 12.1. The topological polar surface area (TPSA) is 29.5 Å². The molecule has 0 unspecified atom stereocenters. The van der Waals surface area contributed by atoms with Crippen LogP contribution < -0.4 is 9.64 Å². The lowest BCUT2D eigenvalue weighted by Crippen LogP contribution is -2.38. The van der Waals surface area contributed by atoms with E-state index in [1.807, 2.05) is 23.1 Å². The molecular weight excluding hydrogens is 270 g/mol. The van der Waals surface area contributed by atoms with Crippen LogP contribution in [-0.4, -0.2) is 19.1 Å². The fraction of sp³-hybridized carbons (Fsp3) is 0.417. The summed E-state index contributed by atoms with van der Waals surface area (Å²) in [6.45, 7) is 1.24. The molecule has 0 radical (unpaired) electrons. The predicted molar refractivity (Wildman–Crippen MR) is 64.7 cm³/mol. The van der Waals surface area contributed by atoms with Gasteiger partial charge in [-0.25, -0.2) is 0 Å². The summed E-state index contributed by atoms with van der Waals surface area (Å²) in [5.41, 5.74) is 0.900. The number of nitrogens with zero attached hydrogens (tertiary/aromatic N) is 1. The molecule has 16 heavy (non-hydrogen) atoms. The van der Waals surface area contributed by atoms with Crippen molar-refractivity contribution in [3.05, 3.63) is 22.7 Å². The minimum Gasteiger partial charge on any atom is -0.488 e. The second-order valence-electron chi connectivity index (χ2n) is 4.20. The van der Waals surface area contributed by atoms with E-state index in [0.717, 1.165) is 28.8 Å². The van der Waals surface area contributed by atoms with Crippen LogP contribution in [0.25, 0.3) is 0 Å². The number of halogens is 1. The number of hydrogen-bond acceptors (Lipinski definition) is 2. The molecule has 4 heteroatoms. The van der Waals surface area contributed by atoms with Crippen molar-refractivity contribution in [3.8, 4) is 5.75 Å². The second-order valence-corrected chi connectivity index (χ2v) is 5.06. The van der Waals surface area contributed by atoms with E-state index in [4.69, 9.17) is 4.74 Å². The first-order chi connectivity index (χ1) is 7.77. The van der Waals surface area contributed by atoms with Crippen LogP contribution in [0.1, 0.15) is 12.8 Å². The highest BCUT2D eigenvalue weighted by Crippen LogP contribution is 2.40. The van der Waals surface area contributed by atoms with Gasteiger partial charge in [0, 0.05) is 5.92 Å². The van der Waals surface area contributed by atoms with E-state index >= 15 is 0 Å². The van der Waals surface area contributed by atoms with E-state index in [-0.39, 0.29) is 11.8 Å². The Kier molecular flexibility index (Phi) is 2.39. The van der Waals surface area contributed by atoms with Gasteiger partial charge in [0.15, 0.2) is 5.75 Å². The van der Waals surface area contributed by atoms with Gasteiger partial charge in [0.05, 0.1) is 16.7 Å². The van der Waals surface area contributed by atoms with E-state index in [1.54, 1.807) is 0 Å². The third-order valence-corrected chi connectivity index (χ3v) is 3.62. The first kappa shape index (κ1) is 10.1. The van der Waals surface area contributed by atoms with Crippen LogP contribution in [0.4, 0.5) is 5.69 Å². The lowest BCUT2D eigenvalue weighted by molar-refractivity contribution is -0.120. The molecule has 0 aromatic heterocycles. The Morgan fingerprint density at radius 2 is 2.25 bits per heavy atom. The minimum atomic E-state index is 0.252. The third kappa shape index (κ3) is 1.61. The van der Waals surface area contributed by atoms with Crippen LogP contribution in [-0.2, 0) is 4.79 Å². The maximum atomic E-state index is 12.1. The molecule has 1 aromatic rings. The molecule has 0 bridgehead atoms. The molecule has 1 saturated carbocycles. The number of para-hydroxylation sites is 1. The van der Waals surface area contributed by atoms with Gasteiger partial charge in [-0.2, -0.15) is 0 Å². The number of ether oxygens (including phenoxy) is 1. The van der Waals surface area contributed by atoms with Crippen LogP contribution in [0.3, 0.4) is 0 Å². The Morgan fingerprint density at radius 3 is 3.00 bits per heavy atom. The second kappa shape index (κ2) is 3.77. The van der Waals surface area contributed by atoms with Gasteiger partial charge in [0.25, 0.3) is 0 Å². The summed E-state index contributed by atoms with van der Waals surface area (Å²) >= 11 is 3.45. The molecular formula is C12H12BrNO2. The van der Waals surface area contributed by atoms with E-state index in [2.05, 4.69) is 15.9 Å². The Labute approximate surface area is 103 Å². The SMILES string of the molecule is O=C(C1CC1)N1CCOc2c(Br)cccc21. The Morgan fingerprint density at radius 1 is 1.44 bits per heavy atom. The average Bonchev–Trinajstić information content (AvgIpc) is 3.12. The predicted octanol–water partition coefficient (Wildman–Crippen LogP) is 2.58. The zero-order valence-electron chi connectivity index (χ0n) is 8.78. The van der Waals surface area contributed by atoms with Gasteiger partial charge >= 0.3 is 0 Å². The van der Waals surface area contributed by atoms with E-state index in [1.165, 1.54) is 0 Å². The normalized spacial score (nSPS) is 18.9. The van der Waals surface area contributed by atoms with Crippen LogP contribution in [0.5, 0.6) is 5.75 Å². The Hall–Kier alpha value is -1.03. The van der Waals surface area contributed by atoms with Crippen molar-refractivity contribution in [1.82, 2.24) is 0 Å². The molecule has 3 rings (SSSR count). The summed E-state index contributed by atoms with van der Waals surface area (Å²) in [7, 11) is 0. The number of carbonyl (C=O) groups is 1. The van der Waals surface area contributed by atoms with Crippen LogP contribution in [0.2, 0.25) is 0 Å². The molecule has 2 aliphatic rings. The molecule has 1 aliphatic carbocycles. The van der Waals surface area contributed by atoms with Gasteiger partial charge in [0.2, 0.25) is 5.91 Å². The van der Waals surface area contributed by atoms with Crippen molar-refractivity contribution >= 4 is 27.5 Å². The fourth-order valence-electron chi connectivity index (χ4n) is 1.99. The molecule has 3 nitrogen and oxygen atoms in total. The van der Waals surface area contributed by atoms with Crippen molar-refractivity contribution in [2.45, 2.75) is 12.8 Å². The lowest BCUT2D eigenvalue weighted by atomic mass is 10.2. The quantitative estimate of drug-likeness (QED) is 0.792. The number of hydrogen-bond donors (Lipinski definition) is 0. The molecule has 0 saturated heterocycles. The molecule has 0 spiro atoms. The average molecular weight is 282 g/mol. The van der Waals surface area contributed by atoms with Crippen LogP contribution in [0, 0.1) is 5.92 Å². The van der Waals surface area contributed by atoms with Crippen molar-refractivity contribution in [1.29, 1.82) is 0 Å². The van der Waals surface area contributed by atoms with Gasteiger partial charge in [0.1, 0.15) is 6.61 Å². The van der Waals surface area contributed by atoms with Crippen molar-refractivity contribution in [2.24, 2.45) is 5.92 Å². The Balaban J connectivity index is 1.99. The zero-order chi connectivity index (χ0) is 11.1. The van der Waals surface area contributed by atoms with Gasteiger partial charge < -0.3 is 9.64 Å². The maximum Gasteiger partial charge on any atom is 0.230 e. The number of fused-ring (bicyclic) bond motifs is 1. The number of anilines is 1. The van der Waals surface area contributed by atoms with Crippen molar-refractivity contribution in [2.75, 3.05) is 18.1 Å². The molecule has 1 aliphatic heterocycles. The number of rotatable bonds is 1. The van der Waals surface area contributed by atoms with E-state index in [9.17, 15) is 4.79 Å². The van der Waals surface area contributed by atoms with E-state index in [0.29, 0.717) is 13.2 Å². The van der Waals surface area contributed by atoms with Gasteiger partial charge in [-0.15, -0.1) is 0 Å². The summed E-state index contributed by atoms with van der Waals surface area (Å²) in [6, 6.07) is 5.81. The summed E-state index contributed by atoms with van der Waals surface area (Å²) in [5, 5.41) is 0. The summed E-state index contributed by atoms with van der Waals surface area (Å²) in [4.78, 5) is 14.0. The molecule has 0 atom stereocenters. The molecule has 1 aromatic carbocycles. The summed E-state index contributed by atoms with van der Waals surface area (Å²) in [6.07, 6.45) is 2.08. The third-order valence-electron chi connectivity index (χ3n) is 2.99. The van der Waals surface area contributed by atoms with Crippen LogP contribution in [0.15, 0.2) is 22.7 Å². The highest BCUT2D eigenvalue weighted by Gasteiger charge is 2.36. The summed E-state index contributed by atoms with van der Waals surface area (Å²) < 4.78 is 6.51. The fourth-order valence-corrected chi connectivity index (χ4v) is 2.46. The zero-order valence-corrected chi connectivity index (χ0v) is 10.4. The van der Waals surface area contributed by atoms with Crippen molar-refractivity contribution < 1.29 is 9.53 Å². The van der Waals surface area contributed by atoms with Crippen molar-refractivity contribution in [3.63, 3.8) is 0 Å². The minimum absolute atomic E-state index is 0.252. The highest BCUT2D eigenvalue weighted by molar-refractivity contribution is 9.10. The number of carbonyl (C=O) groups excluding carboxylic acids is 1. The van der Waals surface area contributed by atoms with Gasteiger partial charge in [-0.3, -0.25) is 4.79 Å². The smallest absolute Gasteiger partial charge is 0.230 e. The molecule has 84 valence electrons. The van der Waals surface area contributed by atoms with Gasteiger partial charge in [-0.1, -0.05) is 6.07 Å². The molecule has 1 amide bonds. The molecule has 0 N–H and O–H groups in total. The molecule has 1 fully saturated rings. The Bertz CT molecular complexity index is 443. The number of benzene rings is 1. The summed E-state index contributed by atoms with van der Waals surface area (Å²) in [5.74, 6) is 1.30. The molecule has 1 heterocycles. The standard InChI is InChI=1S/C12H12BrNO2/c13-9-2-1-3-10-11(9)16-7-6-14(10)12(15)8-4-5-8/h1-3,8H,4-7H2. The largest absolute Gasteiger partial charge is 0.488 e. The number of amides is 1. The lowest BCUT2D eigenvalue weighted by Gasteiger charge is -2.30. The first-order valence-corrected chi connectivity index (χ1v) is 6.29. The first-order valence-electron chi connectivity index (χ1n) is 5.50. The monoisotopic (exact) mass is 281 g/mol.